The molecule has 1 amide bonds. The van der Waals surface area contributed by atoms with Gasteiger partial charge in [-0.05, 0) is 42.7 Å². The zero-order chi connectivity index (χ0) is 22.6. The van der Waals surface area contributed by atoms with E-state index < -0.39 is 16.1 Å². The summed E-state index contributed by atoms with van der Waals surface area (Å²) in [5, 5.41) is 2.79. The number of amides is 1. The van der Waals surface area contributed by atoms with Crippen molar-refractivity contribution < 1.29 is 17.9 Å². The van der Waals surface area contributed by atoms with E-state index in [2.05, 4.69) is 5.32 Å². The lowest BCUT2D eigenvalue weighted by molar-refractivity contribution is 0.139. The number of alkyl carbamates (subject to hydrolysis) is 1. The van der Waals surface area contributed by atoms with Crippen molar-refractivity contribution in [2.75, 3.05) is 10.8 Å². The largest absolute Gasteiger partial charge is 0.445 e. The Balaban J connectivity index is 1.43. The highest BCUT2D eigenvalue weighted by molar-refractivity contribution is 7.92. The summed E-state index contributed by atoms with van der Waals surface area (Å²) in [6.45, 7) is 2.51. The summed E-state index contributed by atoms with van der Waals surface area (Å²) < 4.78 is 33.6. The number of sulfonamides is 1. The van der Waals surface area contributed by atoms with Gasteiger partial charge in [-0.15, -0.1) is 0 Å². The monoisotopic (exact) mass is 450 g/mol. The molecule has 2 atom stereocenters. The normalized spacial score (nSPS) is 17.6. The molecule has 3 aromatic rings. The molecule has 0 bridgehead atoms. The number of carbonyl (C=O) groups is 1. The Bertz CT molecular complexity index is 1170. The third kappa shape index (κ3) is 4.48. The third-order valence-electron chi connectivity index (χ3n) is 5.76. The molecule has 166 valence electrons. The number of anilines is 1. The summed E-state index contributed by atoms with van der Waals surface area (Å²) in [4.78, 5) is 12.4. The Labute approximate surface area is 188 Å². The zero-order valence-electron chi connectivity index (χ0n) is 17.8. The van der Waals surface area contributed by atoms with Crippen LogP contribution in [0.3, 0.4) is 0 Å². The predicted octanol–water partition coefficient (Wildman–Crippen LogP) is 4.68. The van der Waals surface area contributed by atoms with Crippen LogP contribution in [-0.4, -0.2) is 27.1 Å². The Hall–Kier alpha value is -3.32. The van der Waals surface area contributed by atoms with Crippen LogP contribution < -0.4 is 9.62 Å². The van der Waals surface area contributed by atoms with E-state index >= 15 is 0 Å². The maximum Gasteiger partial charge on any atom is 0.407 e. The van der Waals surface area contributed by atoms with E-state index in [-0.39, 0.29) is 23.5 Å². The van der Waals surface area contributed by atoms with E-state index in [1.165, 1.54) is 4.31 Å². The zero-order valence-corrected chi connectivity index (χ0v) is 18.7. The first-order valence-corrected chi connectivity index (χ1v) is 12.1. The van der Waals surface area contributed by atoms with Crippen molar-refractivity contribution in [2.45, 2.75) is 36.8 Å². The molecule has 1 aliphatic rings. The highest BCUT2D eigenvalue weighted by Gasteiger charge is 2.41. The molecule has 1 aliphatic heterocycles. The van der Waals surface area contributed by atoms with E-state index in [1.807, 2.05) is 61.5 Å². The van der Waals surface area contributed by atoms with Crippen LogP contribution in [0.2, 0.25) is 0 Å². The molecule has 1 unspecified atom stereocenters. The van der Waals surface area contributed by atoms with E-state index in [4.69, 9.17) is 4.74 Å². The van der Waals surface area contributed by atoms with Gasteiger partial charge in [-0.3, -0.25) is 4.31 Å². The molecule has 0 saturated heterocycles. The summed E-state index contributed by atoms with van der Waals surface area (Å²) in [6.07, 6.45) is 0.112. The topological polar surface area (TPSA) is 75.7 Å². The van der Waals surface area contributed by atoms with Crippen LogP contribution in [0.5, 0.6) is 0 Å². The molecule has 0 saturated carbocycles. The average Bonchev–Trinajstić information content (AvgIpc) is 3.11. The van der Waals surface area contributed by atoms with Crippen LogP contribution in [0.4, 0.5) is 10.5 Å². The molecular weight excluding hydrogens is 424 g/mol. The fourth-order valence-electron chi connectivity index (χ4n) is 4.20. The first-order chi connectivity index (χ1) is 15.5. The lowest BCUT2D eigenvalue weighted by Crippen LogP contribution is -2.38. The summed E-state index contributed by atoms with van der Waals surface area (Å²) in [7, 11) is -3.69. The van der Waals surface area contributed by atoms with Crippen LogP contribution in [0, 0.1) is 0 Å². The minimum atomic E-state index is -3.69. The lowest BCUT2D eigenvalue weighted by Gasteiger charge is -2.27. The van der Waals surface area contributed by atoms with Crippen LogP contribution in [0.1, 0.15) is 30.4 Å². The number of para-hydroxylation sites is 1. The standard InChI is InChI=1S/C25H26N2O4S/c1-19-22(16-17-26-25(28)31-18-20-10-4-2-5-11-20)23-14-8-9-15-24(23)27(19)32(29,30)21-12-6-3-7-13-21/h2-15,19,22H,16-18H2,1H3,(H,26,28)/t19-,22?/m1/s1. The van der Waals surface area contributed by atoms with Gasteiger partial charge in [-0.2, -0.15) is 0 Å². The Morgan fingerprint density at radius 1 is 0.938 bits per heavy atom. The van der Waals surface area contributed by atoms with E-state index in [0.29, 0.717) is 18.7 Å². The van der Waals surface area contributed by atoms with Gasteiger partial charge >= 0.3 is 6.09 Å². The summed E-state index contributed by atoms with van der Waals surface area (Å²) in [5.41, 5.74) is 2.59. The van der Waals surface area contributed by atoms with Gasteiger partial charge in [-0.1, -0.05) is 66.7 Å². The molecule has 1 N–H and O–H groups in total. The Morgan fingerprint density at radius 2 is 1.56 bits per heavy atom. The molecule has 0 aliphatic carbocycles. The molecule has 0 aromatic heterocycles. The summed E-state index contributed by atoms with van der Waals surface area (Å²) in [5.74, 6) is -0.0425. The van der Waals surface area contributed by atoms with Gasteiger partial charge < -0.3 is 10.1 Å². The maximum atomic E-state index is 13.4. The minimum Gasteiger partial charge on any atom is -0.445 e. The first-order valence-electron chi connectivity index (χ1n) is 10.6. The van der Waals surface area contributed by atoms with E-state index in [9.17, 15) is 13.2 Å². The number of fused-ring (bicyclic) bond motifs is 1. The highest BCUT2D eigenvalue weighted by Crippen LogP contribution is 2.45. The molecule has 0 spiro atoms. The highest BCUT2D eigenvalue weighted by atomic mass is 32.2. The van der Waals surface area contributed by atoms with Crippen molar-refractivity contribution in [1.29, 1.82) is 0 Å². The van der Waals surface area contributed by atoms with Gasteiger partial charge in [0.05, 0.1) is 10.6 Å². The molecule has 3 aromatic carbocycles. The maximum absolute atomic E-state index is 13.4. The first kappa shape index (κ1) is 21.9. The van der Waals surface area contributed by atoms with Crippen molar-refractivity contribution in [3.8, 4) is 0 Å². The summed E-state index contributed by atoms with van der Waals surface area (Å²) in [6, 6.07) is 25.2. The Kier molecular flexibility index (Phi) is 6.46. The number of nitrogens with zero attached hydrogens (tertiary/aromatic N) is 1. The second-order valence-electron chi connectivity index (χ2n) is 7.80. The SMILES string of the molecule is C[C@@H]1C(CCNC(=O)OCc2ccccc2)c2ccccc2N1S(=O)(=O)c1ccccc1. The van der Waals surface area contributed by atoms with Crippen LogP contribution >= 0.6 is 0 Å². The quantitative estimate of drug-likeness (QED) is 0.567. The molecule has 0 fully saturated rings. The second-order valence-corrected chi connectivity index (χ2v) is 9.61. The summed E-state index contributed by atoms with van der Waals surface area (Å²) >= 11 is 0. The third-order valence-corrected chi connectivity index (χ3v) is 7.68. The van der Waals surface area contributed by atoms with Gasteiger partial charge in [0.25, 0.3) is 10.0 Å². The second kappa shape index (κ2) is 9.44. The van der Waals surface area contributed by atoms with E-state index in [1.54, 1.807) is 30.3 Å². The number of nitrogens with one attached hydrogen (secondary N) is 1. The molecule has 1 heterocycles. The number of carbonyl (C=O) groups excluding carboxylic acids is 1. The van der Waals surface area contributed by atoms with Crippen LogP contribution in [0.15, 0.2) is 89.8 Å². The fraction of sp³-hybridized carbons (Fsp3) is 0.240. The molecular formula is C25H26N2O4S. The molecule has 7 heteroatoms. The van der Waals surface area contributed by atoms with Crippen molar-refractivity contribution >= 4 is 21.8 Å². The molecule has 32 heavy (non-hydrogen) atoms. The molecule has 4 rings (SSSR count). The van der Waals surface area contributed by atoms with Crippen molar-refractivity contribution in [3.63, 3.8) is 0 Å². The fourth-order valence-corrected chi connectivity index (χ4v) is 5.94. The van der Waals surface area contributed by atoms with Crippen LogP contribution in [-0.2, 0) is 21.4 Å². The number of hydrogen-bond acceptors (Lipinski definition) is 4. The lowest BCUT2D eigenvalue weighted by atomic mass is 9.93. The van der Waals surface area contributed by atoms with Gasteiger partial charge in [0.15, 0.2) is 0 Å². The van der Waals surface area contributed by atoms with Crippen molar-refractivity contribution in [1.82, 2.24) is 5.32 Å². The molecule has 0 radical (unpaired) electrons. The Morgan fingerprint density at radius 3 is 2.28 bits per heavy atom. The van der Waals surface area contributed by atoms with Crippen molar-refractivity contribution in [3.05, 3.63) is 96.1 Å². The smallest absolute Gasteiger partial charge is 0.407 e. The van der Waals surface area contributed by atoms with Gasteiger partial charge in [0.1, 0.15) is 6.61 Å². The van der Waals surface area contributed by atoms with E-state index in [0.717, 1.165) is 11.1 Å². The van der Waals surface area contributed by atoms with Gasteiger partial charge in [0, 0.05) is 18.5 Å². The number of benzene rings is 3. The van der Waals surface area contributed by atoms with Gasteiger partial charge in [-0.25, -0.2) is 13.2 Å². The minimum absolute atomic E-state index is 0.0425. The predicted molar refractivity (Wildman–Crippen MR) is 124 cm³/mol. The molecule has 6 nitrogen and oxygen atoms in total. The van der Waals surface area contributed by atoms with Gasteiger partial charge in [0.2, 0.25) is 0 Å². The average molecular weight is 451 g/mol. The van der Waals surface area contributed by atoms with Crippen LogP contribution in [0.25, 0.3) is 0 Å². The number of hydrogen-bond donors (Lipinski definition) is 1. The van der Waals surface area contributed by atoms with Crippen molar-refractivity contribution in [2.24, 2.45) is 0 Å². The number of rotatable bonds is 7. The number of ether oxygens (including phenoxy) is 1.